The Hall–Kier alpha value is -1.05. The van der Waals surface area contributed by atoms with Crippen LogP contribution in [0.15, 0.2) is 18.3 Å². The van der Waals surface area contributed by atoms with Crippen LogP contribution < -0.4 is 4.74 Å². The van der Waals surface area contributed by atoms with Crippen molar-refractivity contribution in [1.82, 2.24) is 4.98 Å². The highest BCUT2D eigenvalue weighted by Gasteiger charge is 2.23. The zero-order chi connectivity index (χ0) is 7.68. The van der Waals surface area contributed by atoms with Crippen molar-refractivity contribution in [2.75, 3.05) is 0 Å². The van der Waals surface area contributed by atoms with Gasteiger partial charge in [0.1, 0.15) is 5.75 Å². The van der Waals surface area contributed by atoms with Crippen molar-refractivity contribution in [3.05, 3.63) is 24.0 Å². The van der Waals surface area contributed by atoms with E-state index in [1.54, 1.807) is 6.20 Å². The molecule has 0 amide bonds. The minimum absolute atomic E-state index is 0.472. The van der Waals surface area contributed by atoms with E-state index in [1.807, 2.05) is 19.1 Å². The van der Waals surface area contributed by atoms with Gasteiger partial charge in [-0.1, -0.05) is 0 Å². The van der Waals surface area contributed by atoms with Crippen LogP contribution in [0.4, 0.5) is 0 Å². The molecule has 2 heteroatoms. The van der Waals surface area contributed by atoms with Gasteiger partial charge in [0.05, 0.1) is 12.3 Å². The van der Waals surface area contributed by atoms with Crippen molar-refractivity contribution in [2.45, 2.75) is 25.9 Å². The lowest BCUT2D eigenvalue weighted by atomic mass is 10.4. The molecule has 1 fully saturated rings. The second-order valence-electron chi connectivity index (χ2n) is 2.95. The summed E-state index contributed by atoms with van der Waals surface area (Å²) in [6.45, 7) is 1.97. The summed E-state index contributed by atoms with van der Waals surface area (Å²) in [4.78, 5) is 4.13. The largest absolute Gasteiger partial charge is 0.489 e. The standard InChI is InChI=1S/C9H11NO/c1-7-2-3-9(6-10-7)11-8-4-5-8/h2-3,6,8H,4-5H2,1H3. The van der Waals surface area contributed by atoms with Crippen LogP contribution in [0.2, 0.25) is 0 Å². The zero-order valence-corrected chi connectivity index (χ0v) is 6.58. The van der Waals surface area contributed by atoms with E-state index in [0.717, 1.165) is 11.4 Å². The summed E-state index contributed by atoms with van der Waals surface area (Å²) in [5, 5.41) is 0. The first-order valence-corrected chi connectivity index (χ1v) is 3.94. The number of aryl methyl sites for hydroxylation is 1. The number of hydrogen-bond acceptors (Lipinski definition) is 2. The van der Waals surface area contributed by atoms with Crippen LogP contribution in [0.3, 0.4) is 0 Å². The van der Waals surface area contributed by atoms with E-state index in [2.05, 4.69) is 4.98 Å². The lowest BCUT2D eigenvalue weighted by Gasteiger charge is -2.02. The third-order valence-corrected chi connectivity index (χ3v) is 1.71. The second kappa shape index (κ2) is 2.53. The van der Waals surface area contributed by atoms with E-state index in [-0.39, 0.29) is 0 Å². The molecule has 0 aromatic carbocycles. The van der Waals surface area contributed by atoms with Crippen LogP contribution in [0, 0.1) is 6.92 Å². The monoisotopic (exact) mass is 149 g/mol. The van der Waals surface area contributed by atoms with Gasteiger partial charge in [-0.05, 0) is 31.9 Å². The maximum Gasteiger partial charge on any atom is 0.138 e. The van der Waals surface area contributed by atoms with Crippen LogP contribution in [0.25, 0.3) is 0 Å². The molecule has 0 spiro atoms. The lowest BCUT2D eigenvalue weighted by Crippen LogP contribution is -1.96. The van der Waals surface area contributed by atoms with Crippen LogP contribution in [0.1, 0.15) is 18.5 Å². The molecule has 0 atom stereocenters. The van der Waals surface area contributed by atoms with E-state index in [1.165, 1.54) is 12.8 Å². The SMILES string of the molecule is Cc1ccc(OC2CC2)cn1. The highest BCUT2D eigenvalue weighted by atomic mass is 16.5. The summed E-state index contributed by atoms with van der Waals surface area (Å²) < 4.78 is 5.52. The van der Waals surface area contributed by atoms with Crippen molar-refractivity contribution in [2.24, 2.45) is 0 Å². The van der Waals surface area contributed by atoms with Crippen molar-refractivity contribution in [1.29, 1.82) is 0 Å². The molecule has 1 heterocycles. The molecule has 2 rings (SSSR count). The summed E-state index contributed by atoms with van der Waals surface area (Å²) in [5.74, 6) is 0.901. The van der Waals surface area contributed by atoms with E-state index in [9.17, 15) is 0 Å². The Bertz CT molecular complexity index is 238. The van der Waals surface area contributed by atoms with Crippen LogP contribution >= 0.6 is 0 Å². The number of nitrogens with zero attached hydrogens (tertiary/aromatic N) is 1. The molecule has 0 bridgehead atoms. The molecule has 1 aliphatic rings. The van der Waals surface area contributed by atoms with Gasteiger partial charge in [-0.25, -0.2) is 0 Å². The minimum Gasteiger partial charge on any atom is -0.489 e. The molecule has 11 heavy (non-hydrogen) atoms. The third kappa shape index (κ3) is 1.70. The third-order valence-electron chi connectivity index (χ3n) is 1.71. The molecule has 0 N–H and O–H groups in total. The lowest BCUT2D eigenvalue weighted by molar-refractivity contribution is 0.302. The smallest absolute Gasteiger partial charge is 0.138 e. The van der Waals surface area contributed by atoms with Crippen LogP contribution in [-0.2, 0) is 0 Å². The van der Waals surface area contributed by atoms with Gasteiger partial charge in [0.2, 0.25) is 0 Å². The molecule has 1 aromatic heterocycles. The Morgan fingerprint density at radius 2 is 2.27 bits per heavy atom. The van der Waals surface area contributed by atoms with Gasteiger partial charge in [-0.2, -0.15) is 0 Å². The molecular weight excluding hydrogens is 138 g/mol. The molecular formula is C9H11NO. The number of pyridine rings is 1. The van der Waals surface area contributed by atoms with Crippen LogP contribution in [0.5, 0.6) is 5.75 Å². The van der Waals surface area contributed by atoms with Crippen molar-refractivity contribution in [3.8, 4) is 5.75 Å². The first-order chi connectivity index (χ1) is 5.34. The number of rotatable bonds is 2. The zero-order valence-electron chi connectivity index (χ0n) is 6.58. The molecule has 1 aliphatic carbocycles. The van der Waals surface area contributed by atoms with Gasteiger partial charge in [-0.3, -0.25) is 4.98 Å². The fourth-order valence-electron chi connectivity index (χ4n) is 0.902. The summed E-state index contributed by atoms with van der Waals surface area (Å²) in [7, 11) is 0. The van der Waals surface area contributed by atoms with E-state index in [0.29, 0.717) is 6.10 Å². The first-order valence-electron chi connectivity index (χ1n) is 3.94. The molecule has 2 nitrogen and oxygen atoms in total. The van der Waals surface area contributed by atoms with Gasteiger partial charge >= 0.3 is 0 Å². The van der Waals surface area contributed by atoms with Gasteiger partial charge in [0, 0.05) is 5.69 Å². The van der Waals surface area contributed by atoms with Crippen molar-refractivity contribution < 1.29 is 4.74 Å². The van der Waals surface area contributed by atoms with E-state index >= 15 is 0 Å². The quantitative estimate of drug-likeness (QED) is 0.641. The molecule has 0 aliphatic heterocycles. The second-order valence-corrected chi connectivity index (χ2v) is 2.95. The average Bonchev–Trinajstić information content (AvgIpc) is 2.78. The fraction of sp³-hybridized carbons (Fsp3) is 0.444. The fourth-order valence-corrected chi connectivity index (χ4v) is 0.902. The Balaban J connectivity index is 2.06. The Labute approximate surface area is 66.2 Å². The maximum atomic E-state index is 5.52. The molecule has 1 aromatic rings. The number of aromatic nitrogens is 1. The predicted molar refractivity (Wildman–Crippen MR) is 42.6 cm³/mol. The summed E-state index contributed by atoms with van der Waals surface area (Å²) >= 11 is 0. The Kier molecular flexibility index (Phi) is 1.53. The average molecular weight is 149 g/mol. The normalized spacial score (nSPS) is 16.5. The number of hydrogen-bond donors (Lipinski definition) is 0. The van der Waals surface area contributed by atoms with E-state index < -0.39 is 0 Å². The summed E-state index contributed by atoms with van der Waals surface area (Å²) in [6.07, 6.45) is 4.66. The number of ether oxygens (including phenoxy) is 1. The Morgan fingerprint density at radius 1 is 1.45 bits per heavy atom. The molecule has 0 radical (unpaired) electrons. The highest BCUT2D eigenvalue weighted by molar-refractivity contribution is 5.19. The molecule has 0 unspecified atom stereocenters. The summed E-state index contributed by atoms with van der Waals surface area (Å²) in [5.41, 5.74) is 1.04. The first kappa shape index (κ1) is 6.65. The Morgan fingerprint density at radius 3 is 2.82 bits per heavy atom. The minimum atomic E-state index is 0.472. The maximum absolute atomic E-state index is 5.52. The van der Waals surface area contributed by atoms with Gasteiger partial charge < -0.3 is 4.74 Å². The molecule has 0 saturated heterocycles. The van der Waals surface area contributed by atoms with Crippen molar-refractivity contribution >= 4 is 0 Å². The molecule has 1 saturated carbocycles. The van der Waals surface area contributed by atoms with Crippen molar-refractivity contribution in [3.63, 3.8) is 0 Å². The highest BCUT2D eigenvalue weighted by Crippen LogP contribution is 2.25. The van der Waals surface area contributed by atoms with Gasteiger partial charge in [-0.15, -0.1) is 0 Å². The molecule has 58 valence electrons. The van der Waals surface area contributed by atoms with E-state index in [4.69, 9.17) is 4.74 Å². The van der Waals surface area contributed by atoms with Gasteiger partial charge in [0.25, 0.3) is 0 Å². The summed E-state index contributed by atoms with van der Waals surface area (Å²) in [6, 6.07) is 3.94. The van der Waals surface area contributed by atoms with Gasteiger partial charge in [0.15, 0.2) is 0 Å². The topological polar surface area (TPSA) is 22.1 Å². The van der Waals surface area contributed by atoms with Crippen LogP contribution in [-0.4, -0.2) is 11.1 Å². The predicted octanol–water partition coefficient (Wildman–Crippen LogP) is 1.93.